The predicted molar refractivity (Wildman–Crippen MR) is 80.8 cm³/mol. The van der Waals surface area contributed by atoms with Gasteiger partial charge >= 0.3 is 0 Å². The van der Waals surface area contributed by atoms with Gasteiger partial charge in [0.15, 0.2) is 17.5 Å². The highest BCUT2D eigenvalue weighted by atomic mass is 16.5. The van der Waals surface area contributed by atoms with Crippen molar-refractivity contribution in [2.45, 2.75) is 19.0 Å². The summed E-state index contributed by atoms with van der Waals surface area (Å²) in [7, 11) is 3.17. The lowest BCUT2D eigenvalue weighted by atomic mass is 9.94. The van der Waals surface area contributed by atoms with Gasteiger partial charge in [-0.15, -0.1) is 0 Å². The van der Waals surface area contributed by atoms with Crippen LogP contribution in [-0.2, 0) is 17.8 Å². The summed E-state index contributed by atoms with van der Waals surface area (Å²) in [6.07, 6.45) is 0.529. The van der Waals surface area contributed by atoms with Gasteiger partial charge in [-0.2, -0.15) is 9.98 Å². The maximum atomic E-state index is 12.1. The van der Waals surface area contributed by atoms with Gasteiger partial charge in [0.2, 0.25) is 5.96 Å². The second-order valence-electron chi connectivity index (χ2n) is 5.11. The zero-order valence-electron chi connectivity index (χ0n) is 12.4. The van der Waals surface area contributed by atoms with Gasteiger partial charge in [0.25, 0.3) is 5.91 Å². The zero-order chi connectivity index (χ0) is 15.9. The molecule has 2 aliphatic heterocycles. The van der Waals surface area contributed by atoms with E-state index >= 15 is 0 Å². The molecule has 0 unspecified atom stereocenters. The minimum absolute atomic E-state index is 0.120. The Labute approximate surface area is 127 Å². The van der Waals surface area contributed by atoms with Crippen molar-refractivity contribution in [2.75, 3.05) is 14.2 Å². The number of carbonyl (C=O) groups is 1. The first-order valence-corrected chi connectivity index (χ1v) is 6.76. The molecule has 0 fully saturated rings. The number of hydrogen-bond acceptors (Lipinski definition) is 5. The summed E-state index contributed by atoms with van der Waals surface area (Å²) in [5.74, 6) is 1.19. The first-order valence-electron chi connectivity index (χ1n) is 6.76. The summed E-state index contributed by atoms with van der Waals surface area (Å²) >= 11 is 0. The van der Waals surface area contributed by atoms with Crippen LogP contribution in [0.3, 0.4) is 0 Å². The minimum atomic E-state index is -0.372. The van der Waals surface area contributed by atoms with Crippen LogP contribution in [0.25, 0.3) is 0 Å². The summed E-state index contributed by atoms with van der Waals surface area (Å²) in [5, 5.41) is 0. The molecule has 1 aromatic carbocycles. The van der Waals surface area contributed by atoms with Crippen molar-refractivity contribution in [3.05, 3.63) is 23.3 Å². The largest absolute Gasteiger partial charge is 0.493 e. The molecular formula is C14H17N5O3. The number of carbonyl (C=O) groups excluding carboxylic acids is 1. The normalized spacial score (nSPS) is 19.2. The number of guanidine groups is 2. The third-order valence-electron chi connectivity index (χ3n) is 3.82. The number of hydrogen-bond donors (Lipinski definition) is 2. The quantitative estimate of drug-likeness (QED) is 0.567. The second kappa shape index (κ2) is 5.21. The Morgan fingerprint density at radius 1 is 1.27 bits per heavy atom. The summed E-state index contributed by atoms with van der Waals surface area (Å²) in [4.78, 5) is 21.7. The third kappa shape index (κ3) is 2.22. The standard InChI is InChI=1S/C14H17N5O3/c1-21-10-4-7-3-9-12(20)17-14(18-13(15)16)19(9)6-8(7)5-11(10)22-2/h4-5,9H,3,6H2,1-2H3,(H4,15,16,17,18,20)/t9-/m1/s1. The Hall–Kier alpha value is -2.77. The van der Waals surface area contributed by atoms with Crippen molar-refractivity contribution in [1.82, 2.24) is 4.90 Å². The summed E-state index contributed by atoms with van der Waals surface area (Å²) in [6, 6.07) is 3.43. The fourth-order valence-corrected chi connectivity index (χ4v) is 2.79. The van der Waals surface area contributed by atoms with E-state index in [-0.39, 0.29) is 23.9 Å². The van der Waals surface area contributed by atoms with Crippen LogP contribution in [0.15, 0.2) is 22.1 Å². The molecule has 0 saturated carbocycles. The molecule has 4 N–H and O–H groups in total. The maximum Gasteiger partial charge on any atom is 0.272 e. The van der Waals surface area contributed by atoms with Crippen molar-refractivity contribution in [1.29, 1.82) is 0 Å². The first-order chi connectivity index (χ1) is 10.5. The highest BCUT2D eigenvalue weighted by Gasteiger charge is 2.39. The molecule has 0 saturated heterocycles. The molecule has 8 nitrogen and oxygen atoms in total. The Kier molecular flexibility index (Phi) is 3.36. The second-order valence-corrected chi connectivity index (χ2v) is 5.11. The number of methoxy groups -OCH3 is 2. The van der Waals surface area contributed by atoms with Crippen molar-refractivity contribution in [2.24, 2.45) is 21.5 Å². The average molecular weight is 303 g/mol. The molecular weight excluding hydrogens is 286 g/mol. The topological polar surface area (TPSA) is 116 Å². The minimum Gasteiger partial charge on any atom is -0.493 e. The molecule has 1 aromatic rings. The maximum absolute atomic E-state index is 12.1. The van der Waals surface area contributed by atoms with Crippen LogP contribution in [0.5, 0.6) is 11.5 Å². The number of aliphatic imine (C=N–C) groups is 2. The van der Waals surface area contributed by atoms with Crippen molar-refractivity contribution < 1.29 is 14.3 Å². The SMILES string of the molecule is COc1cc2c(cc1OC)CN1C(N=C(N)N)=NC(=O)[C@H]1C2. The first kappa shape index (κ1) is 14.2. The molecule has 2 aliphatic rings. The Morgan fingerprint density at radius 3 is 2.50 bits per heavy atom. The van der Waals surface area contributed by atoms with E-state index in [2.05, 4.69) is 9.98 Å². The number of amides is 1. The number of rotatable bonds is 2. The molecule has 3 rings (SSSR count). The van der Waals surface area contributed by atoms with Crippen molar-refractivity contribution in [3.8, 4) is 11.5 Å². The van der Waals surface area contributed by atoms with E-state index in [9.17, 15) is 4.79 Å². The molecule has 1 atom stereocenters. The Morgan fingerprint density at radius 2 is 1.91 bits per heavy atom. The molecule has 0 bridgehead atoms. The van der Waals surface area contributed by atoms with Gasteiger partial charge in [-0.3, -0.25) is 4.79 Å². The number of benzene rings is 1. The van der Waals surface area contributed by atoms with E-state index in [0.717, 1.165) is 11.1 Å². The molecule has 22 heavy (non-hydrogen) atoms. The average Bonchev–Trinajstić information content (AvgIpc) is 2.78. The smallest absolute Gasteiger partial charge is 0.272 e. The summed E-state index contributed by atoms with van der Waals surface area (Å²) in [6.45, 7) is 0.488. The summed E-state index contributed by atoms with van der Waals surface area (Å²) in [5.41, 5.74) is 12.8. The monoisotopic (exact) mass is 303 g/mol. The lowest BCUT2D eigenvalue weighted by Crippen LogP contribution is -2.43. The molecule has 0 spiro atoms. The summed E-state index contributed by atoms with van der Waals surface area (Å²) < 4.78 is 10.6. The van der Waals surface area contributed by atoms with Crippen LogP contribution in [-0.4, -0.2) is 43.0 Å². The molecule has 2 heterocycles. The van der Waals surface area contributed by atoms with Crippen LogP contribution >= 0.6 is 0 Å². The molecule has 8 heteroatoms. The highest BCUT2D eigenvalue weighted by Crippen LogP contribution is 2.36. The van der Waals surface area contributed by atoms with Crippen LogP contribution in [0.4, 0.5) is 0 Å². The van der Waals surface area contributed by atoms with E-state index in [1.54, 1.807) is 19.1 Å². The Bertz CT molecular complexity index is 694. The van der Waals surface area contributed by atoms with E-state index in [0.29, 0.717) is 24.5 Å². The van der Waals surface area contributed by atoms with E-state index in [4.69, 9.17) is 20.9 Å². The third-order valence-corrected chi connectivity index (χ3v) is 3.82. The molecule has 0 radical (unpaired) electrons. The van der Waals surface area contributed by atoms with Crippen LogP contribution < -0.4 is 20.9 Å². The van der Waals surface area contributed by atoms with E-state index in [1.165, 1.54) is 0 Å². The lowest BCUT2D eigenvalue weighted by Gasteiger charge is -2.31. The van der Waals surface area contributed by atoms with Crippen LogP contribution in [0, 0.1) is 0 Å². The lowest BCUT2D eigenvalue weighted by molar-refractivity contribution is -0.120. The van der Waals surface area contributed by atoms with Crippen molar-refractivity contribution in [3.63, 3.8) is 0 Å². The predicted octanol–water partition coefficient (Wildman–Crippen LogP) is -0.400. The van der Waals surface area contributed by atoms with Crippen molar-refractivity contribution >= 4 is 17.8 Å². The van der Waals surface area contributed by atoms with Gasteiger partial charge in [0.05, 0.1) is 14.2 Å². The molecule has 0 aromatic heterocycles. The van der Waals surface area contributed by atoms with E-state index < -0.39 is 0 Å². The molecule has 0 aliphatic carbocycles. The van der Waals surface area contributed by atoms with Crippen LogP contribution in [0.2, 0.25) is 0 Å². The Balaban J connectivity index is 1.99. The van der Waals surface area contributed by atoms with Gasteiger partial charge < -0.3 is 25.8 Å². The fourth-order valence-electron chi connectivity index (χ4n) is 2.79. The van der Waals surface area contributed by atoms with Gasteiger partial charge in [-0.25, -0.2) is 0 Å². The number of fused-ring (bicyclic) bond motifs is 2. The molecule has 116 valence electrons. The zero-order valence-corrected chi connectivity index (χ0v) is 12.4. The fraction of sp³-hybridized carbons (Fsp3) is 0.357. The van der Waals surface area contributed by atoms with Gasteiger partial charge in [-0.1, -0.05) is 0 Å². The number of ether oxygens (including phenoxy) is 2. The van der Waals surface area contributed by atoms with Gasteiger partial charge in [0, 0.05) is 13.0 Å². The number of nitrogens with zero attached hydrogens (tertiary/aromatic N) is 3. The highest BCUT2D eigenvalue weighted by molar-refractivity contribution is 6.06. The molecule has 1 amide bonds. The van der Waals surface area contributed by atoms with E-state index in [1.807, 2.05) is 12.1 Å². The van der Waals surface area contributed by atoms with Gasteiger partial charge in [0.1, 0.15) is 6.04 Å². The number of nitrogens with two attached hydrogens (primary N) is 2. The van der Waals surface area contributed by atoms with Crippen LogP contribution in [0.1, 0.15) is 11.1 Å². The van der Waals surface area contributed by atoms with Gasteiger partial charge in [-0.05, 0) is 23.3 Å².